The molecule has 1 unspecified atom stereocenters. The van der Waals surface area contributed by atoms with Crippen LogP contribution in [0.5, 0.6) is 5.75 Å². The molecule has 0 radical (unpaired) electrons. The third-order valence-corrected chi connectivity index (χ3v) is 5.95. The monoisotopic (exact) mass is 508 g/mol. The molecule has 0 fully saturated rings. The fraction of sp³-hybridized carbons (Fsp3) is 0.429. The van der Waals surface area contributed by atoms with Crippen molar-refractivity contribution < 1.29 is 19.1 Å². The van der Waals surface area contributed by atoms with Gasteiger partial charge in [-0.3, -0.25) is 14.2 Å². The predicted molar refractivity (Wildman–Crippen MR) is 143 cm³/mol. The molecular formula is C28H36N4O5. The van der Waals surface area contributed by atoms with Gasteiger partial charge in [0.15, 0.2) is 0 Å². The lowest BCUT2D eigenvalue weighted by Gasteiger charge is -2.31. The fourth-order valence-corrected chi connectivity index (χ4v) is 4.05. The topological polar surface area (TPSA) is 103 Å². The second kappa shape index (κ2) is 12.9. The van der Waals surface area contributed by atoms with Crippen LogP contribution in [0.1, 0.15) is 52.9 Å². The van der Waals surface area contributed by atoms with Crippen LogP contribution in [0.2, 0.25) is 0 Å². The first kappa shape index (κ1) is 27.7. The Morgan fingerprint density at radius 1 is 1.03 bits per heavy atom. The van der Waals surface area contributed by atoms with E-state index in [1.54, 1.807) is 42.2 Å². The quantitative estimate of drug-likeness (QED) is 0.384. The number of ether oxygens (including phenoxy) is 2. The van der Waals surface area contributed by atoms with Crippen LogP contribution >= 0.6 is 0 Å². The largest absolute Gasteiger partial charge is 0.492 e. The molecule has 2 amide bonds. The van der Waals surface area contributed by atoms with Gasteiger partial charge in [-0.15, -0.1) is 0 Å². The van der Waals surface area contributed by atoms with Gasteiger partial charge in [0.2, 0.25) is 0 Å². The molecule has 9 nitrogen and oxygen atoms in total. The van der Waals surface area contributed by atoms with E-state index in [0.29, 0.717) is 47.2 Å². The van der Waals surface area contributed by atoms with Crippen molar-refractivity contribution in [2.45, 2.75) is 47.1 Å². The number of aromatic nitrogens is 2. The maximum absolute atomic E-state index is 13.8. The van der Waals surface area contributed by atoms with Crippen molar-refractivity contribution in [3.8, 4) is 11.4 Å². The van der Waals surface area contributed by atoms with Crippen molar-refractivity contribution in [1.29, 1.82) is 0 Å². The first-order valence-corrected chi connectivity index (χ1v) is 12.7. The van der Waals surface area contributed by atoms with Crippen molar-refractivity contribution in [3.63, 3.8) is 0 Å². The second-order valence-electron chi connectivity index (χ2n) is 9.04. The van der Waals surface area contributed by atoms with Crippen LogP contribution in [0.15, 0.2) is 53.3 Å². The SMILES string of the molecule is CCOC(=O)CNC(=O)N(CCC(C)C)C(C)c1nc2ccccc2c(=O)n1-c1ccccc1OCC. The molecule has 0 aliphatic heterocycles. The lowest BCUT2D eigenvalue weighted by atomic mass is 10.1. The van der Waals surface area contributed by atoms with Crippen molar-refractivity contribution in [2.24, 2.45) is 5.92 Å². The minimum atomic E-state index is -0.604. The minimum absolute atomic E-state index is 0.231. The maximum Gasteiger partial charge on any atom is 0.325 e. The van der Waals surface area contributed by atoms with E-state index in [-0.39, 0.29) is 18.7 Å². The van der Waals surface area contributed by atoms with Crippen LogP contribution in [0.25, 0.3) is 16.6 Å². The van der Waals surface area contributed by atoms with Crippen molar-refractivity contribution in [3.05, 3.63) is 64.7 Å². The number of amides is 2. The molecule has 2 aromatic carbocycles. The number of carbonyl (C=O) groups excluding carboxylic acids is 2. The zero-order valence-electron chi connectivity index (χ0n) is 22.2. The van der Waals surface area contributed by atoms with Gasteiger partial charge in [0, 0.05) is 6.54 Å². The molecule has 1 heterocycles. The zero-order valence-corrected chi connectivity index (χ0v) is 22.2. The van der Waals surface area contributed by atoms with Gasteiger partial charge in [-0.25, -0.2) is 9.78 Å². The molecule has 3 aromatic rings. The Labute approximate surface area is 217 Å². The number of urea groups is 1. The molecule has 3 rings (SSSR count). The average molecular weight is 509 g/mol. The molecular weight excluding hydrogens is 472 g/mol. The first-order valence-electron chi connectivity index (χ1n) is 12.7. The lowest BCUT2D eigenvalue weighted by Crippen LogP contribution is -2.45. The van der Waals surface area contributed by atoms with E-state index in [0.717, 1.165) is 6.42 Å². The molecule has 1 aromatic heterocycles. The summed E-state index contributed by atoms with van der Waals surface area (Å²) >= 11 is 0. The summed E-state index contributed by atoms with van der Waals surface area (Å²) in [6.45, 7) is 10.4. The van der Waals surface area contributed by atoms with E-state index in [2.05, 4.69) is 19.2 Å². The number of nitrogens with zero attached hydrogens (tertiary/aromatic N) is 3. The first-order chi connectivity index (χ1) is 17.8. The Morgan fingerprint density at radius 3 is 2.43 bits per heavy atom. The summed E-state index contributed by atoms with van der Waals surface area (Å²) in [5.41, 5.74) is 0.829. The number of carbonyl (C=O) groups is 2. The Morgan fingerprint density at radius 2 is 1.73 bits per heavy atom. The highest BCUT2D eigenvalue weighted by molar-refractivity contribution is 5.81. The maximum atomic E-state index is 13.8. The number of fused-ring (bicyclic) bond motifs is 1. The lowest BCUT2D eigenvalue weighted by molar-refractivity contribution is -0.141. The summed E-state index contributed by atoms with van der Waals surface area (Å²) in [4.78, 5) is 45.5. The van der Waals surface area contributed by atoms with E-state index < -0.39 is 18.0 Å². The van der Waals surface area contributed by atoms with Gasteiger partial charge in [0.05, 0.1) is 35.8 Å². The van der Waals surface area contributed by atoms with Gasteiger partial charge in [0.25, 0.3) is 5.56 Å². The van der Waals surface area contributed by atoms with E-state index in [4.69, 9.17) is 14.5 Å². The van der Waals surface area contributed by atoms with Gasteiger partial charge in [-0.05, 0) is 57.4 Å². The highest BCUT2D eigenvalue weighted by Gasteiger charge is 2.28. The van der Waals surface area contributed by atoms with Gasteiger partial charge >= 0.3 is 12.0 Å². The second-order valence-corrected chi connectivity index (χ2v) is 9.04. The third-order valence-electron chi connectivity index (χ3n) is 5.95. The van der Waals surface area contributed by atoms with Crippen molar-refractivity contribution in [1.82, 2.24) is 19.8 Å². The number of rotatable bonds is 11. The third kappa shape index (κ3) is 6.67. The van der Waals surface area contributed by atoms with Crippen LogP contribution in [-0.2, 0) is 9.53 Å². The number of hydrogen-bond acceptors (Lipinski definition) is 6. The molecule has 0 saturated carbocycles. The van der Waals surface area contributed by atoms with Gasteiger partial charge < -0.3 is 19.7 Å². The van der Waals surface area contributed by atoms with Crippen LogP contribution in [0.3, 0.4) is 0 Å². The molecule has 198 valence electrons. The van der Waals surface area contributed by atoms with Crippen LogP contribution in [0.4, 0.5) is 4.79 Å². The highest BCUT2D eigenvalue weighted by atomic mass is 16.5. The summed E-state index contributed by atoms with van der Waals surface area (Å²) < 4.78 is 12.3. The van der Waals surface area contributed by atoms with Crippen LogP contribution in [-0.4, -0.2) is 52.8 Å². The van der Waals surface area contributed by atoms with Crippen molar-refractivity contribution >= 4 is 22.9 Å². The summed E-state index contributed by atoms with van der Waals surface area (Å²) in [6, 6.07) is 13.4. The summed E-state index contributed by atoms with van der Waals surface area (Å²) in [7, 11) is 0. The normalized spacial score (nSPS) is 11.8. The standard InChI is InChI=1S/C28H36N4O5/c1-6-36-24-15-11-10-14-23(24)32-26(30-22-13-9-8-12-21(22)27(32)34)20(5)31(17-16-19(3)4)28(35)29-18-25(33)37-7-2/h8-15,19-20H,6-7,16-18H2,1-5H3,(H,29,35). The molecule has 1 atom stereocenters. The van der Waals surface area contributed by atoms with Gasteiger partial charge in [0.1, 0.15) is 18.1 Å². The Balaban J connectivity index is 2.15. The highest BCUT2D eigenvalue weighted by Crippen LogP contribution is 2.28. The van der Waals surface area contributed by atoms with Crippen LogP contribution in [0, 0.1) is 5.92 Å². The van der Waals surface area contributed by atoms with E-state index in [1.807, 2.05) is 32.0 Å². The molecule has 0 aliphatic carbocycles. The number of hydrogen-bond donors (Lipinski definition) is 1. The number of esters is 1. The van der Waals surface area contributed by atoms with Crippen molar-refractivity contribution in [2.75, 3.05) is 26.3 Å². The van der Waals surface area contributed by atoms with E-state index in [9.17, 15) is 14.4 Å². The predicted octanol–water partition coefficient (Wildman–Crippen LogP) is 4.47. The molecule has 9 heteroatoms. The molecule has 37 heavy (non-hydrogen) atoms. The van der Waals surface area contributed by atoms with Crippen LogP contribution < -0.4 is 15.6 Å². The number of benzene rings is 2. The summed E-state index contributed by atoms with van der Waals surface area (Å²) in [5, 5.41) is 3.12. The molecule has 0 saturated heterocycles. The molecule has 0 aliphatic rings. The summed E-state index contributed by atoms with van der Waals surface area (Å²) in [5.74, 6) is 0.751. The Kier molecular flexibility index (Phi) is 9.65. The molecule has 1 N–H and O–H groups in total. The minimum Gasteiger partial charge on any atom is -0.492 e. The van der Waals surface area contributed by atoms with E-state index >= 15 is 0 Å². The molecule has 0 spiro atoms. The Hall–Kier alpha value is -3.88. The fourth-order valence-electron chi connectivity index (χ4n) is 4.05. The number of nitrogens with one attached hydrogen (secondary N) is 1. The Bertz CT molecular complexity index is 1290. The number of para-hydroxylation sites is 3. The smallest absolute Gasteiger partial charge is 0.325 e. The summed E-state index contributed by atoms with van der Waals surface area (Å²) in [6.07, 6.45) is 0.727. The van der Waals surface area contributed by atoms with Gasteiger partial charge in [-0.2, -0.15) is 0 Å². The average Bonchev–Trinajstić information content (AvgIpc) is 2.88. The molecule has 0 bridgehead atoms. The van der Waals surface area contributed by atoms with E-state index in [1.165, 1.54) is 4.57 Å². The van der Waals surface area contributed by atoms with Gasteiger partial charge in [-0.1, -0.05) is 38.1 Å². The zero-order chi connectivity index (χ0) is 26.9.